The first-order valence-corrected chi connectivity index (χ1v) is 13.4. The van der Waals surface area contributed by atoms with E-state index < -0.39 is 5.54 Å². The zero-order valence-corrected chi connectivity index (χ0v) is 20.3. The molecule has 178 valence electrons. The molecule has 1 atom stereocenters. The maximum atomic E-state index is 13.4. The van der Waals surface area contributed by atoms with Crippen molar-refractivity contribution in [1.82, 2.24) is 15.1 Å². The summed E-state index contributed by atoms with van der Waals surface area (Å²) in [6, 6.07) is 0.895. The van der Waals surface area contributed by atoms with Gasteiger partial charge in [0.2, 0.25) is 0 Å². The summed E-state index contributed by atoms with van der Waals surface area (Å²) in [6.07, 6.45) is 22.0. The van der Waals surface area contributed by atoms with Gasteiger partial charge in [0.1, 0.15) is 5.54 Å². The first-order valence-electron chi connectivity index (χ1n) is 13.4. The molecule has 0 aromatic carbocycles. The van der Waals surface area contributed by atoms with Crippen LogP contribution >= 0.6 is 0 Å². The molecule has 1 heterocycles. The van der Waals surface area contributed by atoms with Crippen molar-refractivity contribution >= 4 is 11.9 Å². The summed E-state index contributed by atoms with van der Waals surface area (Å²) in [6.45, 7) is 4.67. The predicted octanol–water partition coefficient (Wildman–Crippen LogP) is 6.36. The average Bonchev–Trinajstić information content (AvgIpc) is 3.00. The zero-order valence-electron chi connectivity index (χ0n) is 20.3. The lowest BCUT2D eigenvalue weighted by Gasteiger charge is -2.42. The van der Waals surface area contributed by atoms with E-state index in [1.165, 1.54) is 96.3 Å². The van der Waals surface area contributed by atoms with Crippen molar-refractivity contribution in [3.05, 3.63) is 0 Å². The molecule has 3 rings (SSSR count). The fourth-order valence-corrected chi connectivity index (χ4v) is 6.00. The molecule has 3 aliphatic rings. The maximum absolute atomic E-state index is 13.4. The van der Waals surface area contributed by atoms with E-state index in [9.17, 15) is 9.59 Å². The number of hydrogen-bond donors (Lipinski definition) is 1. The Hall–Kier alpha value is -1.10. The second-order valence-electron chi connectivity index (χ2n) is 10.6. The fraction of sp³-hybridized carbons (Fsp3) is 0.923. The van der Waals surface area contributed by atoms with Crippen LogP contribution in [0.5, 0.6) is 0 Å². The Labute approximate surface area is 190 Å². The van der Waals surface area contributed by atoms with Crippen LogP contribution in [0, 0.1) is 0 Å². The summed E-state index contributed by atoms with van der Waals surface area (Å²) in [4.78, 5) is 30.3. The SMILES string of the molecule is CCCCCCCCCC1(C)NC(=O)N(CN(C2CCCCC2)C2CCCCC2)C1=O. The van der Waals surface area contributed by atoms with Gasteiger partial charge in [-0.3, -0.25) is 9.69 Å². The van der Waals surface area contributed by atoms with E-state index in [1.807, 2.05) is 6.92 Å². The molecular formula is C26H47N3O2. The summed E-state index contributed by atoms with van der Waals surface area (Å²) in [5.74, 6) is 0.0000943. The number of hydrogen-bond acceptors (Lipinski definition) is 3. The predicted molar refractivity (Wildman–Crippen MR) is 127 cm³/mol. The van der Waals surface area contributed by atoms with Crippen molar-refractivity contribution in [3.8, 4) is 0 Å². The van der Waals surface area contributed by atoms with Crippen LogP contribution in [0.4, 0.5) is 4.79 Å². The molecule has 0 aromatic heterocycles. The van der Waals surface area contributed by atoms with Gasteiger partial charge in [-0.2, -0.15) is 0 Å². The molecule has 2 saturated carbocycles. The molecule has 1 unspecified atom stereocenters. The minimum atomic E-state index is -0.717. The van der Waals surface area contributed by atoms with Crippen LogP contribution in [0.1, 0.15) is 129 Å². The lowest BCUT2D eigenvalue weighted by atomic mass is 9.89. The van der Waals surface area contributed by atoms with Crippen LogP contribution in [0.2, 0.25) is 0 Å². The number of rotatable bonds is 12. The van der Waals surface area contributed by atoms with Crippen molar-refractivity contribution in [2.24, 2.45) is 0 Å². The third-order valence-electron chi connectivity index (χ3n) is 8.02. The molecule has 2 aliphatic carbocycles. The quantitative estimate of drug-likeness (QED) is 0.288. The molecule has 5 heteroatoms. The summed E-state index contributed by atoms with van der Waals surface area (Å²) in [5, 5.41) is 3.06. The largest absolute Gasteiger partial charge is 0.326 e. The second-order valence-corrected chi connectivity index (χ2v) is 10.6. The average molecular weight is 434 g/mol. The first-order chi connectivity index (χ1) is 15.0. The van der Waals surface area contributed by atoms with Crippen LogP contribution < -0.4 is 5.32 Å². The van der Waals surface area contributed by atoms with Gasteiger partial charge < -0.3 is 5.32 Å². The van der Waals surface area contributed by atoms with Crippen LogP contribution in [0.15, 0.2) is 0 Å². The highest BCUT2D eigenvalue weighted by atomic mass is 16.2. The third-order valence-corrected chi connectivity index (χ3v) is 8.02. The number of urea groups is 1. The molecule has 3 amide bonds. The summed E-state index contributed by atoms with van der Waals surface area (Å²) < 4.78 is 0. The van der Waals surface area contributed by atoms with E-state index in [1.54, 1.807) is 4.90 Å². The van der Waals surface area contributed by atoms with E-state index >= 15 is 0 Å². The van der Waals surface area contributed by atoms with Crippen molar-refractivity contribution in [3.63, 3.8) is 0 Å². The van der Waals surface area contributed by atoms with Gasteiger partial charge in [-0.15, -0.1) is 0 Å². The van der Waals surface area contributed by atoms with Crippen LogP contribution in [0.3, 0.4) is 0 Å². The normalized spacial score (nSPS) is 26.1. The monoisotopic (exact) mass is 433 g/mol. The maximum Gasteiger partial charge on any atom is 0.326 e. The van der Waals surface area contributed by atoms with Crippen molar-refractivity contribution < 1.29 is 9.59 Å². The minimum absolute atomic E-state index is 0.0000943. The highest BCUT2D eigenvalue weighted by Crippen LogP contribution is 2.32. The van der Waals surface area contributed by atoms with Gasteiger partial charge in [-0.1, -0.05) is 90.4 Å². The summed E-state index contributed by atoms with van der Waals surface area (Å²) in [7, 11) is 0. The van der Waals surface area contributed by atoms with Gasteiger partial charge >= 0.3 is 6.03 Å². The minimum Gasteiger partial charge on any atom is -0.323 e. The van der Waals surface area contributed by atoms with Crippen molar-refractivity contribution in [2.45, 2.75) is 147 Å². The standard InChI is InChI=1S/C26H47N3O2/c1-3-4-5-6-7-8-15-20-26(2)24(30)29(25(31)27-26)21-28(22-16-11-9-12-17-22)23-18-13-10-14-19-23/h22-23H,3-21H2,1-2H3,(H,27,31). The Morgan fingerprint density at radius 3 is 1.90 bits per heavy atom. The highest BCUT2D eigenvalue weighted by molar-refractivity contribution is 6.06. The van der Waals surface area contributed by atoms with Crippen molar-refractivity contribution in [1.29, 1.82) is 0 Å². The van der Waals surface area contributed by atoms with Gasteiger partial charge in [0.25, 0.3) is 5.91 Å². The topological polar surface area (TPSA) is 52.7 Å². The second kappa shape index (κ2) is 12.2. The summed E-state index contributed by atoms with van der Waals surface area (Å²) in [5.41, 5.74) is -0.717. The first kappa shape index (κ1) is 24.5. The Balaban J connectivity index is 1.56. The Morgan fingerprint density at radius 2 is 1.35 bits per heavy atom. The molecule has 31 heavy (non-hydrogen) atoms. The molecule has 1 N–H and O–H groups in total. The number of nitrogens with zero attached hydrogens (tertiary/aromatic N) is 2. The Morgan fingerprint density at radius 1 is 0.839 bits per heavy atom. The lowest BCUT2D eigenvalue weighted by molar-refractivity contribution is -0.133. The lowest BCUT2D eigenvalue weighted by Crippen LogP contribution is -2.52. The smallest absolute Gasteiger partial charge is 0.323 e. The molecule has 3 fully saturated rings. The molecule has 5 nitrogen and oxygen atoms in total. The third kappa shape index (κ3) is 6.69. The van der Waals surface area contributed by atoms with Gasteiger partial charge in [0, 0.05) is 12.1 Å². The van der Waals surface area contributed by atoms with E-state index in [0.717, 1.165) is 19.3 Å². The van der Waals surface area contributed by atoms with Gasteiger partial charge in [0.15, 0.2) is 0 Å². The van der Waals surface area contributed by atoms with E-state index in [-0.39, 0.29) is 11.9 Å². The molecule has 1 aliphatic heterocycles. The number of nitrogens with one attached hydrogen (secondary N) is 1. The number of imide groups is 1. The highest BCUT2D eigenvalue weighted by Gasteiger charge is 2.48. The Bertz CT molecular complexity index is 551. The van der Waals surface area contributed by atoms with Gasteiger partial charge in [-0.05, 0) is 39.0 Å². The number of carbonyl (C=O) groups excluding carboxylic acids is 2. The van der Waals surface area contributed by atoms with Crippen LogP contribution in [-0.4, -0.2) is 46.0 Å². The molecule has 0 radical (unpaired) electrons. The molecule has 0 aromatic rings. The Kier molecular flexibility index (Phi) is 9.68. The van der Waals surface area contributed by atoms with E-state index in [0.29, 0.717) is 18.8 Å². The number of carbonyl (C=O) groups is 2. The molecule has 0 spiro atoms. The zero-order chi connectivity index (χ0) is 22.1. The fourth-order valence-electron chi connectivity index (χ4n) is 6.00. The van der Waals surface area contributed by atoms with Gasteiger partial charge in [-0.25, -0.2) is 9.69 Å². The molecule has 1 saturated heterocycles. The summed E-state index contributed by atoms with van der Waals surface area (Å²) >= 11 is 0. The number of amides is 3. The molecular weight excluding hydrogens is 386 g/mol. The van der Waals surface area contributed by atoms with E-state index in [2.05, 4.69) is 17.1 Å². The molecule has 0 bridgehead atoms. The van der Waals surface area contributed by atoms with Crippen LogP contribution in [-0.2, 0) is 4.79 Å². The van der Waals surface area contributed by atoms with Crippen molar-refractivity contribution in [2.75, 3.05) is 6.67 Å². The van der Waals surface area contributed by atoms with Crippen LogP contribution in [0.25, 0.3) is 0 Å². The number of unbranched alkanes of at least 4 members (excludes halogenated alkanes) is 6. The van der Waals surface area contributed by atoms with Gasteiger partial charge in [0.05, 0.1) is 6.67 Å². The van der Waals surface area contributed by atoms with E-state index in [4.69, 9.17) is 0 Å².